The molecule has 1 aromatic heterocycles. The van der Waals surface area contributed by atoms with Crippen LogP contribution in [0.15, 0.2) is 42.6 Å². The Morgan fingerprint density at radius 2 is 1.94 bits per heavy atom. The van der Waals surface area contributed by atoms with Gasteiger partial charge in [-0.05, 0) is 55.3 Å². The highest BCUT2D eigenvalue weighted by molar-refractivity contribution is 5.95. The molecule has 0 aliphatic carbocycles. The second-order valence-electron chi connectivity index (χ2n) is 7.85. The third-order valence-corrected chi connectivity index (χ3v) is 5.78. The lowest BCUT2D eigenvalue weighted by Gasteiger charge is -2.33. The molecule has 1 fully saturated rings. The van der Waals surface area contributed by atoms with E-state index in [9.17, 15) is 18.0 Å². The molecule has 8 heteroatoms. The van der Waals surface area contributed by atoms with Crippen molar-refractivity contribution in [3.05, 3.63) is 76.7 Å². The van der Waals surface area contributed by atoms with Crippen LogP contribution in [0.25, 0.3) is 11.3 Å². The lowest BCUT2D eigenvalue weighted by molar-refractivity contribution is 0.0920. The maximum Gasteiger partial charge on any atom is 0.254 e. The van der Waals surface area contributed by atoms with Crippen LogP contribution < -0.4 is 10.6 Å². The number of aryl methyl sites for hydroxylation is 2. The Morgan fingerprint density at radius 3 is 2.61 bits per heavy atom. The minimum atomic E-state index is -0.923. The summed E-state index contributed by atoms with van der Waals surface area (Å²) >= 11 is 0. The maximum atomic E-state index is 14.8. The van der Waals surface area contributed by atoms with Gasteiger partial charge in [-0.25, -0.2) is 13.2 Å². The first kappa shape index (κ1) is 21.1. The Labute approximate surface area is 178 Å². The lowest BCUT2D eigenvalue weighted by Crippen LogP contribution is -2.50. The predicted molar refractivity (Wildman–Crippen MR) is 111 cm³/mol. The number of hydrogen-bond acceptors (Lipinski definition) is 3. The number of halogens is 3. The van der Waals surface area contributed by atoms with E-state index >= 15 is 0 Å². The van der Waals surface area contributed by atoms with Gasteiger partial charge in [0.1, 0.15) is 5.82 Å². The van der Waals surface area contributed by atoms with E-state index in [2.05, 4.69) is 15.7 Å². The third kappa shape index (κ3) is 4.20. The van der Waals surface area contributed by atoms with Gasteiger partial charge in [0.2, 0.25) is 0 Å². The molecule has 2 aromatic carbocycles. The highest BCUT2D eigenvalue weighted by Gasteiger charge is 2.29. The van der Waals surface area contributed by atoms with Crippen molar-refractivity contribution in [1.82, 2.24) is 20.4 Å². The quantitative estimate of drug-likeness (QED) is 0.667. The van der Waals surface area contributed by atoms with Crippen molar-refractivity contribution >= 4 is 5.91 Å². The summed E-state index contributed by atoms with van der Waals surface area (Å²) < 4.78 is 43.5. The van der Waals surface area contributed by atoms with Gasteiger partial charge in [0.15, 0.2) is 11.6 Å². The zero-order valence-corrected chi connectivity index (χ0v) is 17.3. The van der Waals surface area contributed by atoms with Crippen LogP contribution in [0.1, 0.15) is 33.8 Å². The first-order valence-electron chi connectivity index (χ1n) is 10.1. The van der Waals surface area contributed by atoms with Crippen molar-refractivity contribution in [2.45, 2.75) is 25.3 Å². The second-order valence-corrected chi connectivity index (χ2v) is 7.85. The molecule has 1 aliphatic rings. The summed E-state index contributed by atoms with van der Waals surface area (Å²) in [5, 5.41) is 10.2. The average molecular weight is 428 g/mol. The number of hydrogen-bond donors (Lipinski definition) is 2. The number of carbonyl (C=O) groups excluding carboxylic acids is 1. The number of rotatable bonds is 4. The Kier molecular flexibility index (Phi) is 5.82. The molecule has 0 radical (unpaired) electrons. The van der Waals surface area contributed by atoms with E-state index in [1.807, 2.05) is 6.92 Å². The summed E-state index contributed by atoms with van der Waals surface area (Å²) in [6, 6.07) is 7.86. The lowest BCUT2D eigenvalue weighted by atomic mass is 9.85. The fourth-order valence-electron chi connectivity index (χ4n) is 4.21. The Morgan fingerprint density at radius 1 is 1.13 bits per heavy atom. The molecular formula is C23H23F3N4O. The van der Waals surface area contributed by atoms with E-state index in [4.69, 9.17) is 0 Å². The fourth-order valence-corrected chi connectivity index (χ4v) is 4.21. The Balaban J connectivity index is 1.55. The summed E-state index contributed by atoms with van der Waals surface area (Å²) in [7, 11) is 1.77. The third-order valence-electron chi connectivity index (χ3n) is 5.78. The monoisotopic (exact) mass is 428 g/mol. The first-order chi connectivity index (χ1) is 14.8. The molecule has 0 unspecified atom stereocenters. The first-order valence-corrected chi connectivity index (χ1v) is 10.1. The number of nitrogens with one attached hydrogen (secondary N) is 2. The van der Waals surface area contributed by atoms with Crippen LogP contribution in [0, 0.1) is 24.4 Å². The van der Waals surface area contributed by atoms with Gasteiger partial charge >= 0.3 is 0 Å². The van der Waals surface area contributed by atoms with Gasteiger partial charge in [-0.2, -0.15) is 5.10 Å². The zero-order valence-electron chi connectivity index (χ0n) is 17.3. The van der Waals surface area contributed by atoms with E-state index in [0.29, 0.717) is 30.6 Å². The van der Waals surface area contributed by atoms with E-state index in [-0.39, 0.29) is 17.5 Å². The topological polar surface area (TPSA) is 59.0 Å². The molecule has 0 spiro atoms. The number of aromatic nitrogens is 2. The molecular weight excluding hydrogens is 405 g/mol. The average Bonchev–Trinajstić information content (AvgIpc) is 3.08. The van der Waals surface area contributed by atoms with Gasteiger partial charge < -0.3 is 10.6 Å². The molecule has 2 atom stereocenters. The fraction of sp³-hybridized carbons (Fsp3) is 0.304. The molecule has 3 aromatic rings. The van der Waals surface area contributed by atoms with Crippen LogP contribution in [0.5, 0.6) is 0 Å². The predicted octanol–water partition coefficient (Wildman–Crippen LogP) is 3.69. The smallest absolute Gasteiger partial charge is 0.254 e. The van der Waals surface area contributed by atoms with Gasteiger partial charge in [0, 0.05) is 31.1 Å². The molecule has 2 heterocycles. The van der Waals surface area contributed by atoms with Gasteiger partial charge in [-0.1, -0.05) is 12.1 Å². The summed E-state index contributed by atoms with van der Waals surface area (Å²) in [5.74, 6) is -3.23. The van der Waals surface area contributed by atoms with Crippen molar-refractivity contribution in [2.24, 2.45) is 7.05 Å². The van der Waals surface area contributed by atoms with Crippen LogP contribution in [0.2, 0.25) is 0 Å². The molecule has 4 rings (SSSR count). The van der Waals surface area contributed by atoms with Gasteiger partial charge in [-0.15, -0.1) is 0 Å². The number of benzene rings is 2. The van der Waals surface area contributed by atoms with Crippen molar-refractivity contribution in [2.75, 3.05) is 13.1 Å². The number of piperidine rings is 1. The molecule has 162 valence electrons. The molecule has 1 amide bonds. The number of amides is 1. The van der Waals surface area contributed by atoms with Gasteiger partial charge in [0.25, 0.3) is 5.91 Å². The van der Waals surface area contributed by atoms with Crippen LogP contribution in [-0.4, -0.2) is 34.8 Å². The van der Waals surface area contributed by atoms with Gasteiger partial charge in [-0.3, -0.25) is 9.48 Å². The van der Waals surface area contributed by atoms with Gasteiger partial charge in [0.05, 0.1) is 17.5 Å². The van der Waals surface area contributed by atoms with E-state index in [1.165, 1.54) is 18.2 Å². The molecule has 31 heavy (non-hydrogen) atoms. The van der Waals surface area contributed by atoms with Crippen LogP contribution in [0.3, 0.4) is 0 Å². The largest absolute Gasteiger partial charge is 0.347 e. The molecule has 1 aliphatic heterocycles. The normalized spacial score (nSPS) is 18.7. The zero-order chi connectivity index (χ0) is 22.1. The summed E-state index contributed by atoms with van der Waals surface area (Å²) in [6.45, 7) is 3.02. The van der Waals surface area contributed by atoms with E-state index < -0.39 is 23.4 Å². The Hall–Kier alpha value is -3.13. The molecule has 0 saturated carbocycles. The standard InChI is InChI=1S/C23H23F3N4O/c1-13-11-28-30(2)22(13)15-3-5-17(19(25)10-15)23(31)29-21-12-27-8-7-16(21)14-4-6-18(24)20(26)9-14/h3-6,9-11,16,21,27H,7-8,12H2,1-2H3,(H,29,31)/t16-,21+/m0/s1. The second kappa shape index (κ2) is 8.55. The molecule has 2 N–H and O–H groups in total. The number of nitrogens with zero attached hydrogens (tertiary/aromatic N) is 2. The highest BCUT2D eigenvalue weighted by atomic mass is 19.2. The minimum Gasteiger partial charge on any atom is -0.347 e. The van der Waals surface area contributed by atoms with Crippen molar-refractivity contribution in [3.63, 3.8) is 0 Å². The van der Waals surface area contributed by atoms with Crippen molar-refractivity contribution in [1.29, 1.82) is 0 Å². The highest BCUT2D eigenvalue weighted by Crippen LogP contribution is 2.28. The Bertz CT molecular complexity index is 1110. The minimum absolute atomic E-state index is 0.0711. The van der Waals surface area contributed by atoms with Crippen LogP contribution in [-0.2, 0) is 7.05 Å². The molecule has 1 saturated heterocycles. The maximum absolute atomic E-state index is 14.8. The SMILES string of the molecule is Cc1cnn(C)c1-c1ccc(C(=O)N[C@@H]2CNCC[C@H]2c2ccc(F)c(F)c2)c(F)c1. The van der Waals surface area contributed by atoms with Crippen LogP contribution >= 0.6 is 0 Å². The molecule has 0 bridgehead atoms. The molecule has 5 nitrogen and oxygen atoms in total. The van der Waals surface area contributed by atoms with Crippen molar-refractivity contribution < 1.29 is 18.0 Å². The summed E-state index contributed by atoms with van der Waals surface area (Å²) in [4.78, 5) is 12.8. The van der Waals surface area contributed by atoms with E-state index in [0.717, 1.165) is 23.4 Å². The van der Waals surface area contributed by atoms with Crippen LogP contribution in [0.4, 0.5) is 13.2 Å². The summed E-state index contributed by atoms with van der Waals surface area (Å²) in [6.07, 6.45) is 2.33. The van der Waals surface area contributed by atoms with E-state index in [1.54, 1.807) is 24.0 Å². The summed E-state index contributed by atoms with van der Waals surface area (Å²) in [5.41, 5.74) is 2.85. The number of carbonyl (C=O) groups is 1. The van der Waals surface area contributed by atoms with Crippen molar-refractivity contribution in [3.8, 4) is 11.3 Å².